The molecule has 0 aromatic carbocycles. The second-order valence-electron chi connectivity index (χ2n) is 3.89. The summed E-state index contributed by atoms with van der Waals surface area (Å²) in [7, 11) is 0. The van der Waals surface area contributed by atoms with Crippen LogP contribution in [0.3, 0.4) is 0 Å². The van der Waals surface area contributed by atoms with Crippen molar-refractivity contribution in [2.75, 3.05) is 13.2 Å². The van der Waals surface area contributed by atoms with E-state index in [1.807, 2.05) is 6.07 Å². The Morgan fingerprint density at radius 1 is 1.53 bits per heavy atom. The largest absolute Gasteiger partial charge is 0.395 e. The molecule has 82 valence electrons. The summed E-state index contributed by atoms with van der Waals surface area (Å²) in [6.45, 7) is 1.75. The molecule has 1 heterocycles. The average molecular weight is 227 g/mol. The van der Waals surface area contributed by atoms with Gasteiger partial charge in [0.2, 0.25) is 0 Å². The van der Waals surface area contributed by atoms with Crippen LogP contribution in [-0.4, -0.2) is 34.2 Å². The van der Waals surface area contributed by atoms with Crippen LogP contribution in [0.4, 0.5) is 0 Å². The lowest BCUT2D eigenvalue weighted by Gasteiger charge is -2.21. The van der Waals surface area contributed by atoms with Crippen molar-refractivity contribution in [1.29, 1.82) is 0 Å². The van der Waals surface area contributed by atoms with Crippen LogP contribution < -0.4 is 0 Å². The maximum atomic E-state index is 8.97. The zero-order valence-corrected chi connectivity index (χ0v) is 9.32. The molecule has 0 spiro atoms. The second-order valence-corrected chi connectivity index (χ2v) is 4.30. The van der Waals surface area contributed by atoms with Gasteiger partial charge in [-0.15, -0.1) is 0 Å². The van der Waals surface area contributed by atoms with Gasteiger partial charge in [-0.1, -0.05) is 11.6 Å². The minimum atomic E-state index is 0.208. The summed E-state index contributed by atoms with van der Waals surface area (Å²) in [5, 5.41) is 9.68. The quantitative estimate of drug-likeness (QED) is 0.830. The molecule has 1 aliphatic carbocycles. The average Bonchev–Trinajstić information content (AvgIpc) is 3.04. The van der Waals surface area contributed by atoms with Crippen molar-refractivity contribution >= 4 is 11.6 Å². The molecule has 1 aromatic rings. The van der Waals surface area contributed by atoms with Crippen LogP contribution in [0.1, 0.15) is 18.4 Å². The van der Waals surface area contributed by atoms with Gasteiger partial charge >= 0.3 is 0 Å². The molecule has 1 saturated carbocycles. The van der Waals surface area contributed by atoms with Crippen molar-refractivity contribution in [3.05, 3.63) is 29.0 Å². The van der Waals surface area contributed by atoms with Crippen LogP contribution in [0.2, 0.25) is 5.02 Å². The van der Waals surface area contributed by atoms with Gasteiger partial charge in [-0.3, -0.25) is 9.88 Å². The molecular weight excluding hydrogens is 212 g/mol. The minimum Gasteiger partial charge on any atom is -0.395 e. The van der Waals surface area contributed by atoms with Crippen LogP contribution in [0.25, 0.3) is 0 Å². The van der Waals surface area contributed by atoms with E-state index in [0.29, 0.717) is 11.1 Å². The highest BCUT2D eigenvalue weighted by molar-refractivity contribution is 6.31. The summed E-state index contributed by atoms with van der Waals surface area (Å²) in [4.78, 5) is 6.24. The Bertz CT molecular complexity index is 328. The van der Waals surface area contributed by atoms with Crippen molar-refractivity contribution in [3.63, 3.8) is 0 Å². The van der Waals surface area contributed by atoms with Crippen molar-refractivity contribution < 1.29 is 5.11 Å². The molecule has 1 N–H and O–H groups in total. The van der Waals surface area contributed by atoms with Gasteiger partial charge in [0.1, 0.15) is 0 Å². The van der Waals surface area contributed by atoms with E-state index in [9.17, 15) is 0 Å². The predicted octanol–water partition coefficient (Wildman–Crippen LogP) is 1.69. The van der Waals surface area contributed by atoms with Gasteiger partial charge < -0.3 is 5.11 Å². The predicted molar refractivity (Wildman–Crippen MR) is 59.8 cm³/mol. The first-order valence-electron chi connectivity index (χ1n) is 5.24. The van der Waals surface area contributed by atoms with Gasteiger partial charge in [-0.2, -0.15) is 0 Å². The number of pyridine rings is 1. The van der Waals surface area contributed by atoms with Gasteiger partial charge in [0.25, 0.3) is 0 Å². The van der Waals surface area contributed by atoms with Gasteiger partial charge in [0, 0.05) is 31.5 Å². The van der Waals surface area contributed by atoms with Crippen LogP contribution >= 0.6 is 11.6 Å². The summed E-state index contributed by atoms with van der Waals surface area (Å²) in [5.41, 5.74) is 1.09. The summed E-state index contributed by atoms with van der Waals surface area (Å²) in [6, 6.07) is 2.58. The number of halogens is 1. The molecule has 2 rings (SSSR count). The Morgan fingerprint density at radius 2 is 2.33 bits per heavy atom. The Balaban J connectivity index is 2.02. The molecule has 15 heavy (non-hydrogen) atoms. The fourth-order valence-electron chi connectivity index (χ4n) is 1.71. The third kappa shape index (κ3) is 2.91. The number of hydrogen-bond donors (Lipinski definition) is 1. The van der Waals surface area contributed by atoms with Crippen molar-refractivity contribution in [2.45, 2.75) is 25.4 Å². The molecule has 0 amide bonds. The summed E-state index contributed by atoms with van der Waals surface area (Å²) < 4.78 is 0. The standard InChI is InChI=1S/C11H15ClN2O/c12-11-7-13-4-3-9(11)8-14(5-6-15)10-1-2-10/h3-4,7,10,15H,1-2,5-6,8H2. The molecule has 1 fully saturated rings. The number of aliphatic hydroxyl groups excluding tert-OH is 1. The minimum absolute atomic E-state index is 0.208. The number of hydrogen-bond acceptors (Lipinski definition) is 3. The third-order valence-corrected chi connectivity index (χ3v) is 3.02. The molecule has 4 heteroatoms. The molecule has 0 aliphatic heterocycles. The molecule has 0 saturated heterocycles. The molecule has 1 aliphatic rings. The van der Waals surface area contributed by atoms with Crippen molar-refractivity contribution in [2.24, 2.45) is 0 Å². The van der Waals surface area contributed by atoms with E-state index in [1.165, 1.54) is 12.8 Å². The van der Waals surface area contributed by atoms with Crippen LogP contribution in [0, 0.1) is 0 Å². The normalized spacial score (nSPS) is 15.9. The first kappa shape index (κ1) is 10.9. The Hall–Kier alpha value is -0.640. The van der Waals surface area contributed by atoms with Crippen LogP contribution in [0.15, 0.2) is 18.5 Å². The van der Waals surface area contributed by atoms with E-state index >= 15 is 0 Å². The SMILES string of the molecule is OCCN(Cc1ccncc1Cl)C1CC1. The maximum Gasteiger partial charge on any atom is 0.0634 e. The van der Waals surface area contributed by atoms with E-state index in [4.69, 9.17) is 16.7 Å². The number of aliphatic hydroxyl groups is 1. The number of aromatic nitrogens is 1. The van der Waals surface area contributed by atoms with E-state index in [1.54, 1.807) is 12.4 Å². The highest BCUT2D eigenvalue weighted by atomic mass is 35.5. The first-order chi connectivity index (χ1) is 7.31. The zero-order valence-electron chi connectivity index (χ0n) is 8.56. The van der Waals surface area contributed by atoms with Gasteiger partial charge in [-0.05, 0) is 24.5 Å². The number of rotatable bonds is 5. The maximum absolute atomic E-state index is 8.97. The van der Waals surface area contributed by atoms with Gasteiger partial charge in [0.05, 0.1) is 11.6 Å². The molecule has 1 aromatic heterocycles. The van der Waals surface area contributed by atoms with Crippen LogP contribution in [-0.2, 0) is 6.54 Å². The molecule has 0 unspecified atom stereocenters. The Labute approximate surface area is 94.7 Å². The lowest BCUT2D eigenvalue weighted by Crippen LogP contribution is -2.28. The van der Waals surface area contributed by atoms with E-state index in [2.05, 4.69) is 9.88 Å². The van der Waals surface area contributed by atoms with Gasteiger partial charge in [0.15, 0.2) is 0 Å². The lowest BCUT2D eigenvalue weighted by molar-refractivity contribution is 0.183. The van der Waals surface area contributed by atoms with Crippen molar-refractivity contribution in [1.82, 2.24) is 9.88 Å². The monoisotopic (exact) mass is 226 g/mol. The lowest BCUT2D eigenvalue weighted by atomic mass is 10.2. The molecule has 0 bridgehead atoms. The first-order valence-corrected chi connectivity index (χ1v) is 5.62. The third-order valence-electron chi connectivity index (χ3n) is 2.68. The smallest absolute Gasteiger partial charge is 0.0634 e. The number of nitrogens with zero attached hydrogens (tertiary/aromatic N) is 2. The highest BCUT2D eigenvalue weighted by Crippen LogP contribution is 2.29. The topological polar surface area (TPSA) is 36.4 Å². The summed E-state index contributed by atoms with van der Waals surface area (Å²) in [5.74, 6) is 0. The summed E-state index contributed by atoms with van der Waals surface area (Å²) >= 11 is 6.04. The molecule has 0 radical (unpaired) electrons. The van der Waals surface area contributed by atoms with E-state index < -0.39 is 0 Å². The van der Waals surface area contributed by atoms with E-state index in [-0.39, 0.29) is 6.61 Å². The molecule has 0 atom stereocenters. The van der Waals surface area contributed by atoms with Crippen molar-refractivity contribution in [3.8, 4) is 0 Å². The highest BCUT2D eigenvalue weighted by Gasteiger charge is 2.28. The fourth-order valence-corrected chi connectivity index (χ4v) is 1.89. The molecular formula is C11H15ClN2O. The fraction of sp³-hybridized carbons (Fsp3) is 0.545. The van der Waals surface area contributed by atoms with Crippen LogP contribution in [0.5, 0.6) is 0 Å². The zero-order chi connectivity index (χ0) is 10.7. The Kier molecular flexibility index (Phi) is 3.57. The van der Waals surface area contributed by atoms with E-state index in [0.717, 1.165) is 18.7 Å². The molecule has 3 nitrogen and oxygen atoms in total. The summed E-state index contributed by atoms with van der Waals surface area (Å²) in [6.07, 6.45) is 5.90. The Morgan fingerprint density at radius 3 is 2.93 bits per heavy atom. The second kappa shape index (κ2) is 4.92. The van der Waals surface area contributed by atoms with Gasteiger partial charge in [-0.25, -0.2) is 0 Å².